The lowest BCUT2D eigenvalue weighted by Gasteiger charge is -2.16. The maximum absolute atomic E-state index is 10.9. The molecule has 1 fully saturated rings. The highest BCUT2D eigenvalue weighted by Crippen LogP contribution is 2.53. The van der Waals surface area contributed by atoms with Gasteiger partial charge in [0, 0.05) is 0 Å². The summed E-state index contributed by atoms with van der Waals surface area (Å²) in [6.07, 6.45) is 6.18. The van der Waals surface area contributed by atoms with Gasteiger partial charge >= 0.3 is 5.97 Å². The average molecular weight is 304 g/mol. The molecule has 0 saturated heterocycles. The third-order valence-electron chi connectivity index (χ3n) is 5.40. The van der Waals surface area contributed by atoms with Crippen LogP contribution in [0.25, 0.3) is 11.6 Å². The highest BCUT2D eigenvalue weighted by molar-refractivity contribution is 5.88. The number of fused-ring (bicyclic) bond motifs is 5. The summed E-state index contributed by atoms with van der Waals surface area (Å²) in [7, 11) is 0. The third-order valence-corrected chi connectivity index (χ3v) is 5.40. The molecule has 2 atom stereocenters. The van der Waals surface area contributed by atoms with E-state index in [0.29, 0.717) is 5.56 Å². The van der Waals surface area contributed by atoms with Crippen LogP contribution in [-0.2, 0) is 0 Å². The molecule has 23 heavy (non-hydrogen) atoms. The van der Waals surface area contributed by atoms with Gasteiger partial charge in [-0.15, -0.1) is 0 Å². The van der Waals surface area contributed by atoms with Crippen molar-refractivity contribution in [3.05, 3.63) is 70.3 Å². The zero-order chi connectivity index (χ0) is 16.0. The van der Waals surface area contributed by atoms with Gasteiger partial charge in [0.25, 0.3) is 0 Å². The summed E-state index contributed by atoms with van der Waals surface area (Å²) in [4.78, 5) is 10.9. The van der Waals surface area contributed by atoms with Gasteiger partial charge < -0.3 is 5.11 Å². The maximum atomic E-state index is 10.9. The minimum atomic E-state index is -0.883. The summed E-state index contributed by atoms with van der Waals surface area (Å²) in [5, 5.41) is 8.96. The second kappa shape index (κ2) is 5.38. The van der Waals surface area contributed by atoms with Gasteiger partial charge in [0.15, 0.2) is 0 Å². The van der Waals surface area contributed by atoms with Gasteiger partial charge in [-0.1, -0.05) is 36.4 Å². The highest BCUT2D eigenvalue weighted by Gasteiger charge is 2.36. The summed E-state index contributed by atoms with van der Waals surface area (Å²) < 4.78 is 0. The average Bonchev–Trinajstić information content (AvgIpc) is 3.17. The quantitative estimate of drug-likeness (QED) is 0.780. The summed E-state index contributed by atoms with van der Waals surface area (Å²) in [5.74, 6) is 0.695. The van der Waals surface area contributed by atoms with Crippen LogP contribution in [0.2, 0.25) is 0 Å². The molecule has 116 valence electrons. The molecule has 2 aromatic carbocycles. The zero-order valence-corrected chi connectivity index (χ0v) is 13.3. The van der Waals surface area contributed by atoms with Crippen LogP contribution < -0.4 is 0 Å². The number of carboxylic acids is 1. The van der Waals surface area contributed by atoms with Crippen molar-refractivity contribution in [3.63, 3.8) is 0 Å². The molecule has 2 aliphatic rings. The minimum Gasteiger partial charge on any atom is -0.478 e. The molecule has 2 bridgehead atoms. The van der Waals surface area contributed by atoms with Crippen LogP contribution in [-0.4, -0.2) is 11.1 Å². The molecule has 4 rings (SSSR count). The Balaban J connectivity index is 1.63. The fourth-order valence-electron chi connectivity index (χ4n) is 4.15. The molecule has 2 aromatic rings. The van der Waals surface area contributed by atoms with Crippen LogP contribution in [0.5, 0.6) is 0 Å². The first-order valence-electron chi connectivity index (χ1n) is 8.27. The fourth-order valence-corrected chi connectivity index (χ4v) is 4.15. The lowest BCUT2D eigenvalue weighted by Crippen LogP contribution is -1.98. The van der Waals surface area contributed by atoms with E-state index < -0.39 is 5.97 Å². The first kappa shape index (κ1) is 14.3. The van der Waals surface area contributed by atoms with E-state index in [9.17, 15) is 4.79 Å². The van der Waals surface area contributed by atoms with Crippen molar-refractivity contribution in [1.29, 1.82) is 0 Å². The normalized spacial score (nSPS) is 22.2. The number of benzene rings is 2. The molecule has 2 nitrogen and oxygen atoms in total. The van der Waals surface area contributed by atoms with Crippen LogP contribution in [0.3, 0.4) is 0 Å². The van der Waals surface area contributed by atoms with Gasteiger partial charge in [0.2, 0.25) is 0 Å². The van der Waals surface area contributed by atoms with E-state index in [-0.39, 0.29) is 0 Å². The smallest absolute Gasteiger partial charge is 0.335 e. The molecule has 0 aliphatic heterocycles. The number of rotatable bonds is 3. The molecule has 0 radical (unpaired) electrons. The number of aromatic carboxylic acids is 1. The molecule has 2 aliphatic carbocycles. The van der Waals surface area contributed by atoms with Crippen molar-refractivity contribution in [2.24, 2.45) is 0 Å². The fraction of sp³-hybridized carbons (Fsp3) is 0.286. The number of hydrogen-bond acceptors (Lipinski definition) is 1. The van der Waals surface area contributed by atoms with E-state index in [4.69, 9.17) is 5.11 Å². The molecule has 2 unspecified atom stereocenters. The molecule has 1 saturated carbocycles. The topological polar surface area (TPSA) is 37.3 Å². The van der Waals surface area contributed by atoms with E-state index in [2.05, 4.69) is 31.2 Å². The summed E-state index contributed by atoms with van der Waals surface area (Å²) >= 11 is 0. The van der Waals surface area contributed by atoms with Crippen LogP contribution in [0.1, 0.15) is 70.6 Å². The Morgan fingerprint density at radius 3 is 2.35 bits per heavy atom. The minimum absolute atomic E-state index is 0.327. The standard InChI is InChI=1S/C21H20O2/c1-13(10-14-2-4-15(5-3-14)21(22)23)16-8-9-19-17-6-7-18(11-17)20(19)12-16/h2-5,8-10,12,17-18H,6-7,11H2,1H3,(H,22,23)/b13-10-. The Morgan fingerprint density at radius 2 is 1.65 bits per heavy atom. The molecule has 2 heteroatoms. The summed E-state index contributed by atoms with van der Waals surface area (Å²) in [6, 6.07) is 14.0. The van der Waals surface area contributed by atoms with Gasteiger partial charge in [0.1, 0.15) is 0 Å². The second-order valence-corrected chi connectivity index (χ2v) is 6.81. The Hall–Kier alpha value is -2.35. The zero-order valence-electron chi connectivity index (χ0n) is 13.3. The van der Waals surface area contributed by atoms with Crippen molar-refractivity contribution >= 4 is 17.6 Å². The molecule has 0 spiro atoms. The Bertz CT molecular complexity index is 799. The second-order valence-electron chi connectivity index (χ2n) is 6.81. The van der Waals surface area contributed by atoms with Gasteiger partial charge in [-0.05, 0) is 78.0 Å². The van der Waals surface area contributed by atoms with Crippen LogP contribution in [0.4, 0.5) is 0 Å². The lowest BCUT2D eigenvalue weighted by molar-refractivity contribution is 0.0697. The van der Waals surface area contributed by atoms with Gasteiger partial charge in [-0.2, -0.15) is 0 Å². The monoisotopic (exact) mass is 304 g/mol. The van der Waals surface area contributed by atoms with Crippen molar-refractivity contribution in [1.82, 2.24) is 0 Å². The number of carbonyl (C=O) groups is 1. The predicted octanol–water partition coefficient (Wildman–Crippen LogP) is 5.31. The van der Waals surface area contributed by atoms with Crippen LogP contribution >= 0.6 is 0 Å². The van der Waals surface area contributed by atoms with E-state index >= 15 is 0 Å². The Kier molecular flexibility index (Phi) is 3.33. The molecule has 0 amide bonds. The molecule has 0 aromatic heterocycles. The van der Waals surface area contributed by atoms with Crippen molar-refractivity contribution < 1.29 is 9.90 Å². The number of carboxylic acid groups (broad SMARTS) is 1. The number of allylic oxidation sites excluding steroid dienone is 1. The Morgan fingerprint density at radius 1 is 1.00 bits per heavy atom. The van der Waals surface area contributed by atoms with Gasteiger partial charge in [0.05, 0.1) is 5.56 Å². The molecular formula is C21H20O2. The van der Waals surface area contributed by atoms with Gasteiger partial charge in [-0.25, -0.2) is 4.79 Å². The summed E-state index contributed by atoms with van der Waals surface area (Å²) in [6.45, 7) is 2.13. The van der Waals surface area contributed by atoms with Crippen molar-refractivity contribution in [3.8, 4) is 0 Å². The lowest BCUT2D eigenvalue weighted by atomic mass is 9.89. The van der Waals surface area contributed by atoms with E-state index in [1.54, 1.807) is 23.3 Å². The Labute approximate surface area is 136 Å². The van der Waals surface area contributed by atoms with Crippen molar-refractivity contribution in [2.75, 3.05) is 0 Å². The van der Waals surface area contributed by atoms with Crippen LogP contribution in [0.15, 0.2) is 42.5 Å². The first-order valence-corrected chi connectivity index (χ1v) is 8.27. The summed E-state index contributed by atoms with van der Waals surface area (Å²) in [5.41, 5.74) is 7.00. The van der Waals surface area contributed by atoms with Crippen LogP contribution in [0, 0.1) is 0 Å². The predicted molar refractivity (Wildman–Crippen MR) is 92.7 cm³/mol. The largest absolute Gasteiger partial charge is 0.478 e. The molecular weight excluding hydrogens is 284 g/mol. The highest BCUT2D eigenvalue weighted by atomic mass is 16.4. The van der Waals surface area contributed by atoms with Crippen molar-refractivity contribution in [2.45, 2.75) is 38.0 Å². The number of hydrogen-bond donors (Lipinski definition) is 1. The first-order chi connectivity index (χ1) is 11.1. The molecule has 0 heterocycles. The van der Waals surface area contributed by atoms with E-state index in [0.717, 1.165) is 17.4 Å². The van der Waals surface area contributed by atoms with E-state index in [1.165, 1.54) is 30.4 Å². The van der Waals surface area contributed by atoms with E-state index in [1.807, 2.05) is 12.1 Å². The SMILES string of the molecule is C/C(=C/c1ccc(C(=O)O)cc1)c1ccc2c(c1)C1CCC2C1. The van der Waals surface area contributed by atoms with Gasteiger partial charge in [-0.3, -0.25) is 0 Å². The third kappa shape index (κ3) is 2.48. The molecule has 1 N–H and O–H groups in total. The maximum Gasteiger partial charge on any atom is 0.335 e.